The Hall–Kier alpha value is -0.400. The summed E-state index contributed by atoms with van der Waals surface area (Å²) in [7, 11) is 0. The standard InChI is InChI=1S/C20H34F2/c1-13(2)5-8-15(4)17-11-12-18(20(22)19(17)21)16-9-6-14(3)7-10-16/h9,13-15,17-20H,5-8,10-12H2,1-4H3. The highest BCUT2D eigenvalue weighted by molar-refractivity contribution is 5.14. The van der Waals surface area contributed by atoms with Gasteiger partial charge < -0.3 is 0 Å². The molecule has 0 heterocycles. The van der Waals surface area contributed by atoms with Gasteiger partial charge in [0.05, 0.1) is 0 Å². The Morgan fingerprint density at radius 1 is 1.05 bits per heavy atom. The number of alkyl halides is 2. The van der Waals surface area contributed by atoms with Gasteiger partial charge in [0.15, 0.2) is 0 Å². The molecule has 6 atom stereocenters. The largest absolute Gasteiger partial charge is 0.244 e. The van der Waals surface area contributed by atoms with Gasteiger partial charge >= 0.3 is 0 Å². The van der Waals surface area contributed by atoms with Gasteiger partial charge in [0.1, 0.15) is 12.3 Å². The Bertz CT molecular complexity index is 374. The fourth-order valence-electron chi connectivity index (χ4n) is 4.27. The fraction of sp³-hybridized carbons (Fsp3) is 0.900. The van der Waals surface area contributed by atoms with Crippen molar-refractivity contribution in [3.05, 3.63) is 11.6 Å². The summed E-state index contributed by atoms with van der Waals surface area (Å²) < 4.78 is 29.4. The first kappa shape index (κ1) is 17.9. The molecule has 0 aromatic heterocycles. The van der Waals surface area contributed by atoms with Crippen LogP contribution < -0.4 is 0 Å². The van der Waals surface area contributed by atoms with Gasteiger partial charge in [-0.15, -0.1) is 0 Å². The lowest BCUT2D eigenvalue weighted by Crippen LogP contribution is -2.41. The zero-order valence-electron chi connectivity index (χ0n) is 14.8. The van der Waals surface area contributed by atoms with Crippen molar-refractivity contribution in [3.8, 4) is 0 Å². The second kappa shape index (κ2) is 7.93. The van der Waals surface area contributed by atoms with Gasteiger partial charge in [-0.2, -0.15) is 0 Å². The van der Waals surface area contributed by atoms with Crippen LogP contribution in [0.3, 0.4) is 0 Å². The van der Waals surface area contributed by atoms with E-state index in [4.69, 9.17) is 0 Å². The van der Waals surface area contributed by atoms with Crippen LogP contribution in [0.5, 0.6) is 0 Å². The predicted octanol–water partition coefficient (Wildman–Crippen LogP) is 6.51. The number of rotatable bonds is 5. The minimum Gasteiger partial charge on any atom is -0.244 e. The molecular weight excluding hydrogens is 278 g/mol. The Balaban J connectivity index is 1.94. The van der Waals surface area contributed by atoms with Crippen LogP contribution in [-0.2, 0) is 0 Å². The predicted molar refractivity (Wildman–Crippen MR) is 90.3 cm³/mol. The lowest BCUT2D eigenvalue weighted by atomic mass is 9.69. The van der Waals surface area contributed by atoms with E-state index >= 15 is 0 Å². The van der Waals surface area contributed by atoms with Gasteiger partial charge in [-0.3, -0.25) is 0 Å². The van der Waals surface area contributed by atoms with Crippen molar-refractivity contribution in [2.75, 3.05) is 0 Å². The summed E-state index contributed by atoms with van der Waals surface area (Å²) in [4.78, 5) is 0. The van der Waals surface area contributed by atoms with Crippen LogP contribution in [0.4, 0.5) is 8.78 Å². The highest BCUT2D eigenvalue weighted by atomic mass is 19.2. The molecule has 0 nitrogen and oxygen atoms in total. The highest BCUT2D eigenvalue weighted by Gasteiger charge is 2.43. The summed E-state index contributed by atoms with van der Waals surface area (Å²) in [5, 5.41) is 0. The lowest BCUT2D eigenvalue weighted by Gasteiger charge is -2.40. The molecule has 0 bridgehead atoms. The monoisotopic (exact) mass is 312 g/mol. The molecule has 2 aliphatic carbocycles. The molecule has 2 aliphatic rings. The molecule has 0 aromatic carbocycles. The van der Waals surface area contributed by atoms with Crippen molar-refractivity contribution in [3.63, 3.8) is 0 Å². The Morgan fingerprint density at radius 3 is 2.36 bits per heavy atom. The molecule has 2 rings (SSSR count). The molecule has 2 heteroatoms. The lowest BCUT2D eigenvalue weighted by molar-refractivity contribution is 0.00929. The Kier molecular flexibility index (Phi) is 6.46. The van der Waals surface area contributed by atoms with Gasteiger partial charge in [0.2, 0.25) is 0 Å². The van der Waals surface area contributed by atoms with E-state index in [9.17, 15) is 8.78 Å². The second-order valence-corrected chi connectivity index (χ2v) is 8.34. The van der Waals surface area contributed by atoms with E-state index in [1.54, 1.807) is 0 Å². The van der Waals surface area contributed by atoms with Crippen LogP contribution >= 0.6 is 0 Å². The topological polar surface area (TPSA) is 0 Å². The average Bonchev–Trinajstić information content (AvgIpc) is 2.48. The quantitative estimate of drug-likeness (QED) is 0.508. The third-order valence-corrected chi connectivity index (χ3v) is 6.02. The fourth-order valence-corrected chi connectivity index (χ4v) is 4.27. The molecule has 1 saturated carbocycles. The molecule has 0 N–H and O–H groups in total. The van der Waals surface area contributed by atoms with Gasteiger partial charge in [0.25, 0.3) is 0 Å². The summed E-state index contributed by atoms with van der Waals surface area (Å²) in [6.07, 6.45) is 6.68. The summed E-state index contributed by atoms with van der Waals surface area (Å²) in [5.74, 6) is 1.43. The molecule has 22 heavy (non-hydrogen) atoms. The zero-order chi connectivity index (χ0) is 16.3. The average molecular weight is 312 g/mol. The van der Waals surface area contributed by atoms with Gasteiger partial charge in [-0.25, -0.2) is 8.78 Å². The van der Waals surface area contributed by atoms with E-state index in [1.807, 2.05) is 0 Å². The summed E-state index contributed by atoms with van der Waals surface area (Å²) >= 11 is 0. The Labute approximate surface area is 135 Å². The molecule has 0 amide bonds. The minimum atomic E-state index is -1.28. The SMILES string of the molecule is CC(C)CCC(C)C1CCC(C2=CCC(C)CC2)C(F)C1F. The van der Waals surface area contributed by atoms with Crippen molar-refractivity contribution in [1.29, 1.82) is 0 Å². The normalized spacial score (nSPS) is 38.0. The van der Waals surface area contributed by atoms with Gasteiger partial charge in [-0.05, 0) is 55.8 Å². The number of halogens is 2. The molecule has 6 unspecified atom stereocenters. The molecular formula is C20H34F2. The first-order valence-electron chi connectivity index (χ1n) is 9.37. The maximum atomic E-state index is 14.7. The number of allylic oxidation sites excluding steroid dienone is 2. The first-order chi connectivity index (χ1) is 10.4. The van der Waals surface area contributed by atoms with Gasteiger partial charge in [0, 0.05) is 5.92 Å². The van der Waals surface area contributed by atoms with Gasteiger partial charge in [-0.1, -0.05) is 52.2 Å². The summed E-state index contributed by atoms with van der Waals surface area (Å²) in [5.41, 5.74) is 1.21. The minimum absolute atomic E-state index is 0.0758. The molecule has 0 aliphatic heterocycles. The van der Waals surface area contributed by atoms with E-state index in [0.717, 1.165) is 44.9 Å². The van der Waals surface area contributed by atoms with Crippen LogP contribution in [0.15, 0.2) is 11.6 Å². The molecule has 0 spiro atoms. The van der Waals surface area contributed by atoms with Crippen LogP contribution in [0.2, 0.25) is 0 Å². The van der Waals surface area contributed by atoms with Crippen LogP contribution in [-0.4, -0.2) is 12.3 Å². The van der Waals surface area contributed by atoms with E-state index in [1.165, 1.54) is 5.57 Å². The van der Waals surface area contributed by atoms with Crippen LogP contribution in [0, 0.1) is 29.6 Å². The van der Waals surface area contributed by atoms with E-state index in [0.29, 0.717) is 17.8 Å². The first-order valence-corrected chi connectivity index (χ1v) is 9.37. The van der Waals surface area contributed by atoms with E-state index in [2.05, 4.69) is 33.8 Å². The molecule has 0 aromatic rings. The van der Waals surface area contributed by atoms with Crippen molar-refractivity contribution in [2.24, 2.45) is 29.6 Å². The van der Waals surface area contributed by atoms with E-state index < -0.39 is 12.3 Å². The van der Waals surface area contributed by atoms with Crippen LogP contribution in [0.25, 0.3) is 0 Å². The number of hydrogen-bond donors (Lipinski definition) is 0. The number of hydrogen-bond acceptors (Lipinski definition) is 0. The third-order valence-electron chi connectivity index (χ3n) is 6.02. The summed E-state index contributed by atoms with van der Waals surface area (Å²) in [6, 6.07) is 0. The second-order valence-electron chi connectivity index (χ2n) is 8.34. The molecule has 128 valence electrons. The summed E-state index contributed by atoms with van der Waals surface area (Å²) in [6.45, 7) is 8.76. The molecule has 0 radical (unpaired) electrons. The van der Waals surface area contributed by atoms with Crippen molar-refractivity contribution < 1.29 is 8.78 Å². The van der Waals surface area contributed by atoms with Crippen LogP contribution in [0.1, 0.15) is 72.6 Å². The third kappa shape index (κ3) is 4.32. The molecule has 0 saturated heterocycles. The zero-order valence-corrected chi connectivity index (χ0v) is 14.8. The maximum absolute atomic E-state index is 14.7. The maximum Gasteiger partial charge on any atom is 0.138 e. The molecule has 1 fully saturated rings. The Morgan fingerprint density at radius 2 is 1.77 bits per heavy atom. The van der Waals surface area contributed by atoms with E-state index in [-0.39, 0.29) is 11.8 Å². The smallest absolute Gasteiger partial charge is 0.138 e. The highest BCUT2D eigenvalue weighted by Crippen LogP contribution is 2.44. The van der Waals surface area contributed by atoms with Crippen molar-refractivity contribution in [1.82, 2.24) is 0 Å². The van der Waals surface area contributed by atoms with Crippen molar-refractivity contribution >= 4 is 0 Å². The van der Waals surface area contributed by atoms with Crippen molar-refractivity contribution in [2.45, 2.75) is 85.0 Å².